The Morgan fingerprint density at radius 1 is 1.08 bits per heavy atom. The van der Waals surface area contributed by atoms with Crippen molar-refractivity contribution in [1.82, 2.24) is 4.90 Å². The molecule has 0 saturated carbocycles. The Hall–Kier alpha value is -2.69. The quantitative estimate of drug-likeness (QED) is 0.897. The van der Waals surface area contributed by atoms with Gasteiger partial charge in [0.25, 0.3) is 0 Å². The Balaban J connectivity index is 1.48. The summed E-state index contributed by atoms with van der Waals surface area (Å²) in [5.74, 6) is -0.732. The lowest BCUT2D eigenvalue weighted by Gasteiger charge is -2.35. The number of hydrogen-bond acceptors (Lipinski definition) is 2. The second-order valence-corrected chi connectivity index (χ2v) is 7.05. The molecule has 2 heterocycles. The lowest BCUT2D eigenvalue weighted by molar-refractivity contribution is -0.135. The molecular formula is C21H21FN2O2. The molecule has 2 aliphatic rings. The van der Waals surface area contributed by atoms with Crippen molar-refractivity contribution in [2.24, 2.45) is 0 Å². The van der Waals surface area contributed by atoms with Gasteiger partial charge in [-0.25, -0.2) is 4.39 Å². The molecule has 5 heteroatoms. The molecule has 1 unspecified atom stereocenters. The maximum absolute atomic E-state index is 13.5. The highest BCUT2D eigenvalue weighted by Crippen LogP contribution is 2.36. The van der Waals surface area contributed by atoms with Gasteiger partial charge in [-0.15, -0.1) is 0 Å². The van der Waals surface area contributed by atoms with E-state index in [4.69, 9.17) is 0 Å². The zero-order valence-corrected chi connectivity index (χ0v) is 14.5. The van der Waals surface area contributed by atoms with Crippen LogP contribution in [0.2, 0.25) is 0 Å². The van der Waals surface area contributed by atoms with E-state index in [0.29, 0.717) is 30.3 Å². The third kappa shape index (κ3) is 3.21. The van der Waals surface area contributed by atoms with Crippen molar-refractivity contribution < 1.29 is 14.0 Å². The number of halogens is 1. The number of amides is 2. The molecule has 2 aromatic carbocycles. The number of hydrogen-bond donors (Lipinski definition) is 1. The lowest BCUT2D eigenvalue weighted by Crippen LogP contribution is -2.42. The minimum absolute atomic E-state index is 0.0285. The maximum Gasteiger partial charge on any atom is 0.230 e. The highest BCUT2D eigenvalue weighted by molar-refractivity contribution is 6.01. The summed E-state index contributed by atoms with van der Waals surface area (Å²) in [6, 6.07) is 14.6. The van der Waals surface area contributed by atoms with Crippen LogP contribution in [0.1, 0.15) is 42.2 Å². The van der Waals surface area contributed by atoms with Crippen LogP contribution in [0.3, 0.4) is 0 Å². The van der Waals surface area contributed by atoms with Crippen molar-refractivity contribution in [3.63, 3.8) is 0 Å². The summed E-state index contributed by atoms with van der Waals surface area (Å²) in [6.45, 7) is 1.38. The third-order valence-corrected chi connectivity index (χ3v) is 5.43. The minimum Gasteiger partial charge on any atom is -0.342 e. The number of carbonyl (C=O) groups is 2. The van der Waals surface area contributed by atoms with Crippen molar-refractivity contribution in [1.29, 1.82) is 0 Å². The van der Waals surface area contributed by atoms with E-state index in [-0.39, 0.29) is 18.2 Å². The molecule has 0 aromatic heterocycles. The standard InChI is InChI=1S/C21H21FN2O2/c22-16-6-7-17-18(13-20(25)23-19(17)12-16)21(26)24-10-8-15(9-11-24)14-4-2-1-3-5-14/h1-7,12,15,18H,8-11,13H2,(H,23,25). The maximum atomic E-state index is 13.5. The van der Waals surface area contributed by atoms with Crippen LogP contribution in [0, 0.1) is 5.82 Å². The molecular weight excluding hydrogens is 331 g/mol. The molecule has 134 valence electrons. The molecule has 2 amide bonds. The molecule has 0 aliphatic carbocycles. The van der Waals surface area contributed by atoms with E-state index in [1.165, 1.54) is 17.7 Å². The molecule has 1 fully saturated rings. The molecule has 1 N–H and O–H groups in total. The Morgan fingerprint density at radius 2 is 1.81 bits per heavy atom. The summed E-state index contributed by atoms with van der Waals surface area (Å²) in [5.41, 5.74) is 2.44. The van der Waals surface area contributed by atoms with Gasteiger partial charge in [0.15, 0.2) is 0 Å². The molecule has 0 spiro atoms. The summed E-state index contributed by atoms with van der Waals surface area (Å²) in [6.07, 6.45) is 1.96. The first-order valence-corrected chi connectivity index (χ1v) is 9.05. The normalized spacial score (nSPS) is 20.4. The van der Waals surface area contributed by atoms with Crippen molar-refractivity contribution in [2.75, 3.05) is 18.4 Å². The number of likely N-dealkylation sites (tertiary alicyclic amines) is 1. The van der Waals surface area contributed by atoms with E-state index in [0.717, 1.165) is 12.8 Å². The lowest BCUT2D eigenvalue weighted by atomic mass is 9.86. The predicted molar refractivity (Wildman–Crippen MR) is 97.4 cm³/mol. The van der Waals surface area contributed by atoms with Gasteiger partial charge in [-0.05, 0) is 42.0 Å². The Kier molecular flexibility index (Phi) is 4.45. The number of anilines is 1. The van der Waals surface area contributed by atoms with Crippen molar-refractivity contribution >= 4 is 17.5 Å². The number of fused-ring (bicyclic) bond motifs is 1. The second-order valence-electron chi connectivity index (χ2n) is 7.05. The first-order valence-electron chi connectivity index (χ1n) is 9.05. The van der Waals surface area contributed by atoms with E-state index >= 15 is 0 Å². The van der Waals surface area contributed by atoms with Crippen LogP contribution in [0.5, 0.6) is 0 Å². The van der Waals surface area contributed by atoms with Gasteiger partial charge in [-0.1, -0.05) is 36.4 Å². The highest BCUT2D eigenvalue weighted by Gasteiger charge is 2.35. The largest absolute Gasteiger partial charge is 0.342 e. The average molecular weight is 352 g/mol. The molecule has 26 heavy (non-hydrogen) atoms. The zero-order valence-electron chi connectivity index (χ0n) is 14.5. The molecule has 2 aliphatic heterocycles. The first kappa shape index (κ1) is 16.8. The number of benzene rings is 2. The monoisotopic (exact) mass is 352 g/mol. The fourth-order valence-corrected chi connectivity index (χ4v) is 4.04. The Labute approximate surface area is 152 Å². The Morgan fingerprint density at radius 3 is 2.54 bits per heavy atom. The van der Waals surface area contributed by atoms with Crippen LogP contribution in [0.25, 0.3) is 0 Å². The van der Waals surface area contributed by atoms with Crippen LogP contribution in [0.15, 0.2) is 48.5 Å². The molecule has 4 rings (SSSR count). The number of nitrogens with zero attached hydrogens (tertiary/aromatic N) is 1. The van der Waals surface area contributed by atoms with Crippen LogP contribution < -0.4 is 5.32 Å². The van der Waals surface area contributed by atoms with Crippen LogP contribution >= 0.6 is 0 Å². The SMILES string of the molecule is O=C1CC(C(=O)N2CCC(c3ccccc3)CC2)c2ccc(F)cc2N1. The predicted octanol–water partition coefficient (Wildman–Crippen LogP) is 3.66. The van der Waals surface area contributed by atoms with Gasteiger partial charge < -0.3 is 10.2 Å². The van der Waals surface area contributed by atoms with E-state index in [9.17, 15) is 14.0 Å². The molecule has 0 radical (unpaired) electrons. The number of rotatable bonds is 2. The molecule has 2 aromatic rings. The molecule has 0 bridgehead atoms. The summed E-state index contributed by atoms with van der Waals surface area (Å²) in [4.78, 5) is 26.9. The van der Waals surface area contributed by atoms with Gasteiger partial charge in [-0.2, -0.15) is 0 Å². The smallest absolute Gasteiger partial charge is 0.230 e. The minimum atomic E-state index is -0.521. The van der Waals surface area contributed by atoms with Gasteiger partial charge in [0.1, 0.15) is 5.82 Å². The summed E-state index contributed by atoms with van der Waals surface area (Å²) in [5, 5.41) is 2.67. The average Bonchev–Trinajstić information content (AvgIpc) is 2.67. The van der Waals surface area contributed by atoms with Crippen LogP contribution in [-0.4, -0.2) is 29.8 Å². The van der Waals surface area contributed by atoms with E-state index in [2.05, 4.69) is 17.4 Å². The summed E-state index contributed by atoms with van der Waals surface area (Å²) < 4.78 is 13.5. The van der Waals surface area contributed by atoms with E-state index in [1.54, 1.807) is 6.07 Å². The number of nitrogens with one attached hydrogen (secondary N) is 1. The zero-order chi connectivity index (χ0) is 18.1. The van der Waals surface area contributed by atoms with Crippen LogP contribution in [-0.2, 0) is 9.59 Å². The molecule has 1 atom stereocenters. The van der Waals surface area contributed by atoms with Gasteiger partial charge in [-0.3, -0.25) is 9.59 Å². The molecule has 1 saturated heterocycles. The fraction of sp³-hybridized carbons (Fsp3) is 0.333. The highest BCUT2D eigenvalue weighted by atomic mass is 19.1. The van der Waals surface area contributed by atoms with Crippen molar-refractivity contribution in [2.45, 2.75) is 31.1 Å². The van der Waals surface area contributed by atoms with Gasteiger partial charge in [0, 0.05) is 25.2 Å². The topological polar surface area (TPSA) is 49.4 Å². The second kappa shape index (κ2) is 6.90. The van der Waals surface area contributed by atoms with Crippen molar-refractivity contribution in [3.05, 3.63) is 65.5 Å². The van der Waals surface area contributed by atoms with Gasteiger partial charge >= 0.3 is 0 Å². The first-order chi connectivity index (χ1) is 12.6. The summed E-state index contributed by atoms with van der Waals surface area (Å²) >= 11 is 0. The fourth-order valence-electron chi connectivity index (χ4n) is 4.04. The third-order valence-electron chi connectivity index (χ3n) is 5.43. The Bertz CT molecular complexity index is 829. The summed E-state index contributed by atoms with van der Waals surface area (Å²) in [7, 11) is 0. The number of piperidine rings is 1. The van der Waals surface area contributed by atoms with E-state index < -0.39 is 11.7 Å². The van der Waals surface area contributed by atoms with Crippen LogP contribution in [0.4, 0.5) is 10.1 Å². The van der Waals surface area contributed by atoms with Gasteiger partial charge in [0.2, 0.25) is 11.8 Å². The van der Waals surface area contributed by atoms with Gasteiger partial charge in [0.05, 0.1) is 5.92 Å². The van der Waals surface area contributed by atoms with E-state index in [1.807, 2.05) is 23.1 Å². The van der Waals surface area contributed by atoms with Crippen molar-refractivity contribution in [3.8, 4) is 0 Å². The molecule has 4 nitrogen and oxygen atoms in total. The number of carbonyl (C=O) groups excluding carboxylic acids is 2.